The van der Waals surface area contributed by atoms with Crippen molar-refractivity contribution in [3.63, 3.8) is 0 Å². The summed E-state index contributed by atoms with van der Waals surface area (Å²) in [5, 5.41) is 5.87. The minimum absolute atomic E-state index is 0.106. The number of hydrogen-bond donors (Lipinski definition) is 3. The molecule has 3 N–H and O–H groups in total. The molecule has 0 unspecified atom stereocenters. The molecule has 1 aromatic heterocycles. The first-order chi connectivity index (χ1) is 14.9. The number of nitrogens with zero attached hydrogens (tertiary/aromatic N) is 1. The standard InChI is InChI=1S/C23H22N4O3S/c1-13-7-9-15(10-8-13)12-31-23-26-20-19(22(30)27-23)16(11-18(28)25-20)21(29)24-17-6-4-3-5-14(17)2/h3-10,16H,11-12H2,1-2H3,(H,24,29)(H2,25,26,27,28,30)/t16-/m0/s1. The van der Waals surface area contributed by atoms with Crippen molar-refractivity contribution in [2.24, 2.45) is 0 Å². The van der Waals surface area contributed by atoms with Gasteiger partial charge in [0.05, 0.1) is 11.5 Å². The number of aryl methyl sites for hydroxylation is 2. The van der Waals surface area contributed by atoms with Crippen molar-refractivity contribution in [3.8, 4) is 0 Å². The van der Waals surface area contributed by atoms with Gasteiger partial charge in [-0.3, -0.25) is 14.4 Å². The molecule has 0 saturated carbocycles. The zero-order valence-corrected chi connectivity index (χ0v) is 18.0. The number of benzene rings is 2. The molecule has 3 aromatic rings. The van der Waals surface area contributed by atoms with Crippen molar-refractivity contribution >= 4 is 35.1 Å². The Morgan fingerprint density at radius 3 is 2.61 bits per heavy atom. The van der Waals surface area contributed by atoms with Crippen molar-refractivity contribution in [2.75, 3.05) is 10.6 Å². The molecule has 1 aliphatic heterocycles. The maximum atomic E-state index is 12.9. The first-order valence-electron chi connectivity index (χ1n) is 9.89. The van der Waals surface area contributed by atoms with Crippen LogP contribution in [0.3, 0.4) is 0 Å². The molecular weight excluding hydrogens is 412 g/mol. The van der Waals surface area contributed by atoms with E-state index in [0.717, 1.165) is 11.1 Å². The predicted molar refractivity (Wildman–Crippen MR) is 121 cm³/mol. The average Bonchev–Trinajstić information content (AvgIpc) is 2.74. The van der Waals surface area contributed by atoms with Crippen molar-refractivity contribution in [1.82, 2.24) is 9.97 Å². The van der Waals surface area contributed by atoms with Gasteiger partial charge in [0.2, 0.25) is 11.8 Å². The Labute approximate surface area is 183 Å². The number of aromatic nitrogens is 2. The van der Waals surface area contributed by atoms with E-state index < -0.39 is 17.4 Å². The second kappa shape index (κ2) is 8.77. The van der Waals surface area contributed by atoms with Crippen LogP contribution in [0.4, 0.5) is 11.5 Å². The van der Waals surface area contributed by atoms with Gasteiger partial charge in [-0.15, -0.1) is 0 Å². The zero-order chi connectivity index (χ0) is 22.0. The van der Waals surface area contributed by atoms with Crippen LogP contribution in [0.5, 0.6) is 0 Å². The molecule has 0 bridgehead atoms. The number of thioether (sulfide) groups is 1. The molecule has 0 saturated heterocycles. The Morgan fingerprint density at radius 2 is 1.87 bits per heavy atom. The van der Waals surface area contributed by atoms with E-state index in [2.05, 4.69) is 20.6 Å². The third-order valence-electron chi connectivity index (χ3n) is 5.14. The number of amides is 2. The summed E-state index contributed by atoms with van der Waals surface area (Å²) in [4.78, 5) is 45.2. The van der Waals surface area contributed by atoms with Gasteiger partial charge in [-0.2, -0.15) is 0 Å². The molecule has 0 spiro atoms. The van der Waals surface area contributed by atoms with Crippen molar-refractivity contribution in [1.29, 1.82) is 0 Å². The largest absolute Gasteiger partial charge is 0.325 e. The van der Waals surface area contributed by atoms with Crippen LogP contribution in [-0.2, 0) is 15.3 Å². The highest BCUT2D eigenvalue weighted by Gasteiger charge is 2.34. The highest BCUT2D eigenvalue weighted by atomic mass is 32.2. The number of hydrogen-bond acceptors (Lipinski definition) is 5. The highest BCUT2D eigenvalue weighted by molar-refractivity contribution is 7.98. The first-order valence-corrected chi connectivity index (χ1v) is 10.9. The summed E-state index contributed by atoms with van der Waals surface area (Å²) in [6.45, 7) is 3.90. The topological polar surface area (TPSA) is 104 Å². The number of anilines is 2. The number of H-pyrrole nitrogens is 1. The fraction of sp³-hybridized carbons (Fsp3) is 0.217. The Balaban J connectivity index is 1.58. The summed E-state index contributed by atoms with van der Waals surface area (Å²) in [7, 11) is 0. The van der Waals surface area contributed by atoms with Gasteiger partial charge in [0.1, 0.15) is 5.82 Å². The van der Waals surface area contributed by atoms with Crippen LogP contribution >= 0.6 is 11.8 Å². The molecule has 0 fully saturated rings. The molecule has 4 rings (SSSR count). The van der Waals surface area contributed by atoms with E-state index in [-0.39, 0.29) is 23.7 Å². The summed E-state index contributed by atoms with van der Waals surface area (Å²) < 4.78 is 0. The molecular formula is C23H22N4O3S. The molecule has 158 valence electrons. The van der Waals surface area contributed by atoms with E-state index in [1.54, 1.807) is 6.07 Å². The van der Waals surface area contributed by atoms with Crippen LogP contribution in [0.2, 0.25) is 0 Å². The molecule has 1 atom stereocenters. The third-order valence-corrected chi connectivity index (χ3v) is 6.09. The lowest BCUT2D eigenvalue weighted by Gasteiger charge is -2.23. The Bertz CT molecular complexity index is 1200. The maximum Gasteiger partial charge on any atom is 0.257 e. The normalized spacial score (nSPS) is 15.2. The summed E-state index contributed by atoms with van der Waals surface area (Å²) in [5.74, 6) is -0.887. The smallest absolute Gasteiger partial charge is 0.257 e. The van der Waals surface area contributed by atoms with Gasteiger partial charge in [0, 0.05) is 17.9 Å². The molecule has 0 aliphatic carbocycles. The van der Waals surface area contributed by atoms with Gasteiger partial charge in [-0.05, 0) is 31.0 Å². The lowest BCUT2D eigenvalue weighted by Crippen LogP contribution is -2.36. The highest BCUT2D eigenvalue weighted by Crippen LogP contribution is 2.31. The van der Waals surface area contributed by atoms with Gasteiger partial charge in [-0.1, -0.05) is 59.8 Å². The molecule has 2 amide bonds. The molecule has 8 heteroatoms. The second-order valence-corrected chi connectivity index (χ2v) is 8.48. The van der Waals surface area contributed by atoms with E-state index in [1.165, 1.54) is 17.3 Å². The summed E-state index contributed by atoms with van der Waals surface area (Å²) in [5.41, 5.74) is 3.58. The quantitative estimate of drug-likeness (QED) is 0.419. The van der Waals surface area contributed by atoms with E-state index in [4.69, 9.17) is 0 Å². The molecule has 0 radical (unpaired) electrons. The number of rotatable bonds is 5. The summed E-state index contributed by atoms with van der Waals surface area (Å²) in [6.07, 6.45) is -0.106. The zero-order valence-electron chi connectivity index (χ0n) is 17.2. The first kappa shape index (κ1) is 20.9. The monoisotopic (exact) mass is 434 g/mol. The van der Waals surface area contributed by atoms with Crippen LogP contribution in [0.25, 0.3) is 0 Å². The Kier molecular flexibility index (Phi) is 5.90. The third kappa shape index (κ3) is 4.69. The SMILES string of the molecule is Cc1ccc(CSc2nc3c(c(=O)[nH]2)[C@@H](C(=O)Nc2ccccc2C)CC(=O)N3)cc1. The van der Waals surface area contributed by atoms with Crippen molar-refractivity contribution < 1.29 is 9.59 Å². The Morgan fingerprint density at radius 1 is 1.13 bits per heavy atom. The molecule has 1 aliphatic rings. The second-order valence-electron chi connectivity index (χ2n) is 7.52. The van der Waals surface area contributed by atoms with Gasteiger partial charge >= 0.3 is 0 Å². The lowest BCUT2D eigenvalue weighted by atomic mass is 9.92. The predicted octanol–water partition coefficient (Wildman–Crippen LogP) is 3.74. The molecule has 2 aromatic carbocycles. The van der Waals surface area contributed by atoms with Crippen LogP contribution in [-0.4, -0.2) is 21.8 Å². The minimum Gasteiger partial charge on any atom is -0.325 e. The van der Waals surface area contributed by atoms with Crippen molar-refractivity contribution in [3.05, 3.63) is 81.1 Å². The number of nitrogens with one attached hydrogen (secondary N) is 3. The van der Waals surface area contributed by atoms with Crippen LogP contribution in [0.1, 0.15) is 34.6 Å². The minimum atomic E-state index is -0.907. The van der Waals surface area contributed by atoms with Gasteiger partial charge in [0.15, 0.2) is 5.16 Å². The van der Waals surface area contributed by atoms with Gasteiger partial charge in [0.25, 0.3) is 5.56 Å². The van der Waals surface area contributed by atoms with E-state index >= 15 is 0 Å². The van der Waals surface area contributed by atoms with Crippen LogP contribution in [0, 0.1) is 13.8 Å². The van der Waals surface area contributed by atoms with Gasteiger partial charge in [-0.25, -0.2) is 4.98 Å². The van der Waals surface area contributed by atoms with E-state index in [1.807, 2.05) is 56.3 Å². The fourth-order valence-electron chi connectivity index (χ4n) is 3.41. The Hall–Kier alpha value is -3.39. The number of para-hydroxylation sites is 1. The molecule has 31 heavy (non-hydrogen) atoms. The van der Waals surface area contributed by atoms with Gasteiger partial charge < -0.3 is 15.6 Å². The van der Waals surface area contributed by atoms with E-state index in [9.17, 15) is 14.4 Å². The molecule has 7 nitrogen and oxygen atoms in total. The van der Waals surface area contributed by atoms with Crippen LogP contribution in [0.15, 0.2) is 58.5 Å². The number of carbonyl (C=O) groups excluding carboxylic acids is 2. The van der Waals surface area contributed by atoms with Crippen molar-refractivity contribution in [2.45, 2.75) is 37.1 Å². The molecule has 2 heterocycles. The van der Waals surface area contributed by atoms with E-state index in [0.29, 0.717) is 16.6 Å². The number of aromatic amines is 1. The maximum absolute atomic E-state index is 12.9. The summed E-state index contributed by atoms with van der Waals surface area (Å²) >= 11 is 1.36. The number of carbonyl (C=O) groups is 2. The summed E-state index contributed by atoms with van der Waals surface area (Å²) in [6, 6.07) is 15.4. The fourth-order valence-corrected chi connectivity index (χ4v) is 4.23. The number of fused-ring (bicyclic) bond motifs is 1. The van der Waals surface area contributed by atoms with Crippen LogP contribution < -0.4 is 16.2 Å². The lowest BCUT2D eigenvalue weighted by molar-refractivity contribution is -0.123. The average molecular weight is 435 g/mol.